The van der Waals surface area contributed by atoms with E-state index in [0.29, 0.717) is 6.54 Å². The van der Waals surface area contributed by atoms with Gasteiger partial charge in [-0.2, -0.15) is 5.26 Å². The van der Waals surface area contributed by atoms with Crippen molar-refractivity contribution in [3.63, 3.8) is 0 Å². The second kappa shape index (κ2) is 5.45. The molecular formula is C15H14N4S. The lowest BCUT2D eigenvalue weighted by Gasteiger charge is -2.18. The molecule has 3 rings (SSSR count). The van der Waals surface area contributed by atoms with Crippen LogP contribution in [0.2, 0.25) is 0 Å². The molecule has 2 N–H and O–H groups in total. The third-order valence-electron chi connectivity index (χ3n) is 3.31. The topological polar surface area (TPSA) is 67.6 Å². The number of nitrogens with two attached hydrogens (primary N) is 1. The Kier molecular flexibility index (Phi) is 3.50. The van der Waals surface area contributed by atoms with E-state index in [2.05, 4.69) is 21.7 Å². The maximum absolute atomic E-state index is 9.02. The minimum absolute atomic E-state index is 0.0331. The molecule has 1 aromatic carbocycles. The molecule has 3 aromatic rings. The molecule has 0 aliphatic carbocycles. The first kappa shape index (κ1) is 12.9. The molecule has 0 aliphatic rings. The average Bonchev–Trinajstić information content (AvgIpc) is 3.09. The van der Waals surface area contributed by atoms with Crippen molar-refractivity contribution in [2.45, 2.75) is 12.5 Å². The van der Waals surface area contributed by atoms with Gasteiger partial charge in [0.25, 0.3) is 0 Å². The van der Waals surface area contributed by atoms with Crippen molar-refractivity contribution in [3.8, 4) is 6.07 Å². The Balaban J connectivity index is 2.22. The summed E-state index contributed by atoms with van der Waals surface area (Å²) in [4.78, 5) is 5.76. The Morgan fingerprint density at radius 2 is 2.15 bits per heavy atom. The van der Waals surface area contributed by atoms with Crippen LogP contribution in [0.25, 0.3) is 11.0 Å². The maximum Gasteiger partial charge on any atom is 0.124 e. The lowest BCUT2D eigenvalue weighted by atomic mass is 10.2. The Bertz CT molecular complexity index is 752. The highest BCUT2D eigenvalue weighted by Crippen LogP contribution is 2.28. The van der Waals surface area contributed by atoms with Crippen molar-refractivity contribution in [2.75, 3.05) is 6.54 Å². The number of para-hydroxylation sites is 2. The first-order valence-electron chi connectivity index (χ1n) is 6.41. The number of imidazole rings is 1. The first-order chi connectivity index (χ1) is 9.85. The summed E-state index contributed by atoms with van der Waals surface area (Å²) in [7, 11) is 0. The van der Waals surface area contributed by atoms with Crippen molar-refractivity contribution in [1.29, 1.82) is 5.26 Å². The van der Waals surface area contributed by atoms with E-state index in [-0.39, 0.29) is 12.5 Å². The maximum atomic E-state index is 9.02. The Labute approximate surface area is 121 Å². The van der Waals surface area contributed by atoms with Crippen molar-refractivity contribution in [2.24, 2.45) is 5.73 Å². The van der Waals surface area contributed by atoms with Crippen LogP contribution < -0.4 is 5.73 Å². The lowest BCUT2D eigenvalue weighted by Crippen LogP contribution is -2.21. The average molecular weight is 282 g/mol. The van der Waals surface area contributed by atoms with Crippen molar-refractivity contribution < 1.29 is 0 Å². The molecule has 1 atom stereocenters. The van der Waals surface area contributed by atoms with Gasteiger partial charge in [-0.05, 0) is 23.6 Å². The Morgan fingerprint density at radius 3 is 2.85 bits per heavy atom. The molecular weight excluding hydrogens is 268 g/mol. The molecule has 0 fully saturated rings. The van der Waals surface area contributed by atoms with Gasteiger partial charge in [0.2, 0.25) is 0 Å². The summed E-state index contributed by atoms with van der Waals surface area (Å²) in [5, 5.41) is 11.1. The predicted octanol–water partition coefficient (Wildman–Crippen LogP) is 2.71. The molecule has 0 spiro atoms. The molecule has 2 heterocycles. The fourth-order valence-corrected chi connectivity index (χ4v) is 3.30. The summed E-state index contributed by atoms with van der Waals surface area (Å²) < 4.78 is 2.10. The molecule has 0 bridgehead atoms. The van der Waals surface area contributed by atoms with Crippen LogP contribution in [0.15, 0.2) is 41.8 Å². The summed E-state index contributed by atoms with van der Waals surface area (Å²) in [5.74, 6) is 0.776. The highest BCUT2D eigenvalue weighted by atomic mass is 32.1. The van der Waals surface area contributed by atoms with Gasteiger partial charge < -0.3 is 10.3 Å². The van der Waals surface area contributed by atoms with Gasteiger partial charge in [-0.25, -0.2) is 4.98 Å². The van der Waals surface area contributed by atoms with Crippen LogP contribution in [-0.2, 0) is 6.42 Å². The van der Waals surface area contributed by atoms with Crippen LogP contribution >= 0.6 is 11.3 Å². The molecule has 4 nitrogen and oxygen atoms in total. The molecule has 5 heteroatoms. The number of rotatable bonds is 4. The van der Waals surface area contributed by atoms with Crippen molar-refractivity contribution >= 4 is 22.4 Å². The molecule has 0 saturated carbocycles. The van der Waals surface area contributed by atoms with E-state index in [4.69, 9.17) is 11.0 Å². The number of thiophene rings is 1. The number of benzene rings is 1. The molecule has 0 amide bonds. The molecule has 0 aliphatic heterocycles. The van der Waals surface area contributed by atoms with Crippen LogP contribution in [0.3, 0.4) is 0 Å². The number of nitrogens with zero attached hydrogens (tertiary/aromatic N) is 3. The van der Waals surface area contributed by atoms with Crippen LogP contribution in [0, 0.1) is 11.3 Å². The van der Waals surface area contributed by atoms with Gasteiger partial charge in [0.15, 0.2) is 0 Å². The quantitative estimate of drug-likeness (QED) is 0.800. The lowest BCUT2D eigenvalue weighted by molar-refractivity contribution is 0.598. The molecule has 2 aromatic heterocycles. The summed E-state index contributed by atoms with van der Waals surface area (Å²) in [6, 6.07) is 14.3. The molecule has 0 saturated heterocycles. The van der Waals surface area contributed by atoms with Crippen molar-refractivity contribution in [3.05, 3.63) is 52.5 Å². The molecule has 20 heavy (non-hydrogen) atoms. The van der Waals surface area contributed by atoms with Gasteiger partial charge >= 0.3 is 0 Å². The van der Waals surface area contributed by atoms with E-state index in [9.17, 15) is 0 Å². The summed E-state index contributed by atoms with van der Waals surface area (Å²) in [6.07, 6.45) is 0.288. The summed E-state index contributed by atoms with van der Waals surface area (Å²) in [5.41, 5.74) is 7.93. The fraction of sp³-hybridized carbons (Fsp3) is 0.200. The Hall–Kier alpha value is -2.16. The summed E-state index contributed by atoms with van der Waals surface area (Å²) in [6.45, 7) is 0.485. The minimum atomic E-state index is 0.0331. The normalized spacial score (nSPS) is 12.4. The largest absolute Gasteiger partial charge is 0.328 e. The van der Waals surface area contributed by atoms with E-state index < -0.39 is 0 Å². The van der Waals surface area contributed by atoms with E-state index in [1.54, 1.807) is 11.3 Å². The Morgan fingerprint density at radius 1 is 1.30 bits per heavy atom. The van der Waals surface area contributed by atoms with Gasteiger partial charge in [0.05, 0.1) is 29.6 Å². The van der Waals surface area contributed by atoms with E-state index in [1.807, 2.05) is 35.7 Å². The standard InChI is InChI=1S/C15H14N4S/c16-8-7-15-18-11-4-1-2-5-12(11)19(15)13(10-17)14-6-3-9-20-14/h1-6,9,13H,7,10,17H2. The van der Waals surface area contributed by atoms with Gasteiger partial charge in [-0.3, -0.25) is 0 Å². The number of aromatic nitrogens is 2. The zero-order valence-electron chi connectivity index (χ0n) is 10.9. The SMILES string of the molecule is N#CCc1nc2ccccc2n1C(CN)c1cccs1. The third-order valence-corrected chi connectivity index (χ3v) is 4.29. The van der Waals surface area contributed by atoms with E-state index in [1.165, 1.54) is 4.88 Å². The zero-order chi connectivity index (χ0) is 13.9. The van der Waals surface area contributed by atoms with Gasteiger partial charge in [0.1, 0.15) is 5.82 Å². The zero-order valence-corrected chi connectivity index (χ0v) is 11.7. The molecule has 100 valence electrons. The highest BCUT2D eigenvalue weighted by Gasteiger charge is 2.20. The highest BCUT2D eigenvalue weighted by molar-refractivity contribution is 7.10. The number of fused-ring (bicyclic) bond motifs is 1. The molecule has 0 radical (unpaired) electrons. The smallest absolute Gasteiger partial charge is 0.124 e. The van der Waals surface area contributed by atoms with E-state index in [0.717, 1.165) is 16.9 Å². The first-order valence-corrected chi connectivity index (χ1v) is 7.29. The van der Waals surface area contributed by atoms with Gasteiger partial charge in [-0.1, -0.05) is 18.2 Å². The van der Waals surface area contributed by atoms with Gasteiger partial charge in [0, 0.05) is 11.4 Å². The third kappa shape index (κ3) is 2.09. The number of hydrogen-bond donors (Lipinski definition) is 1. The summed E-state index contributed by atoms with van der Waals surface area (Å²) >= 11 is 1.68. The van der Waals surface area contributed by atoms with Crippen LogP contribution in [0.4, 0.5) is 0 Å². The second-order valence-corrected chi connectivity index (χ2v) is 5.47. The fourth-order valence-electron chi connectivity index (χ4n) is 2.47. The minimum Gasteiger partial charge on any atom is -0.328 e. The van der Waals surface area contributed by atoms with Gasteiger partial charge in [-0.15, -0.1) is 11.3 Å². The number of hydrogen-bond acceptors (Lipinski definition) is 4. The van der Waals surface area contributed by atoms with E-state index >= 15 is 0 Å². The van der Waals surface area contributed by atoms with Crippen LogP contribution in [0.1, 0.15) is 16.7 Å². The van der Waals surface area contributed by atoms with Crippen LogP contribution in [-0.4, -0.2) is 16.1 Å². The molecule has 1 unspecified atom stereocenters. The monoisotopic (exact) mass is 282 g/mol. The second-order valence-electron chi connectivity index (χ2n) is 4.49. The number of nitriles is 1. The van der Waals surface area contributed by atoms with Crippen LogP contribution in [0.5, 0.6) is 0 Å². The predicted molar refractivity (Wildman–Crippen MR) is 80.6 cm³/mol. The van der Waals surface area contributed by atoms with Crippen molar-refractivity contribution in [1.82, 2.24) is 9.55 Å².